The number of fused-ring (bicyclic) bond motifs is 1. The minimum Gasteiger partial charge on any atom is -0.457 e. The maximum absolute atomic E-state index is 13.2. The Hall–Kier alpha value is -4.23. The molecule has 5 N–H and O–H groups in total. The SMILES string of the molecule is C[C@@]12C[C@@H]1N(C(=O)CNC(=O)c1ccc(Oc3ccccc3)cc1)[C@H](C(=O)NS(=O)(=O)c1cc(C(=N)N)cs1)C2. The van der Waals surface area contributed by atoms with E-state index in [-0.39, 0.29) is 33.6 Å². The van der Waals surface area contributed by atoms with Gasteiger partial charge in [0.2, 0.25) is 5.91 Å². The number of rotatable bonds is 9. The lowest BCUT2D eigenvalue weighted by Crippen LogP contribution is -2.51. The number of likely N-dealkylation sites (tertiary alicyclic amines) is 1. The van der Waals surface area contributed by atoms with E-state index in [1.165, 1.54) is 16.3 Å². The summed E-state index contributed by atoms with van der Waals surface area (Å²) in [6, 6.07) is 15.7. The number of nitrogen functional groups attached to an aromatic ring is 1. The maximum Gasteiger partial charge on any atom is 0.273 e. The number of piperidine rings is 1. The predicted octanol–water partition coefficient (Wildman–Crippen LogP) is 2.44. The maximum atomic E-state index is 13.2. The van der Waals surface area contributed by atoms with Crippen LogP contribution in [0, 0.1) is 10.8 Å². The lowest BCUT2D eigenvalue weighted by molar-refractivity contribution is -0.138. The number of sulfonamides is 1. The van der Waals surface area contributed by atoms with Crippen molar-refractivity contribution in [2.24, 2.45) is 11.1 Å². The molecule has 11 nitrogen and oxygen atoms in total. The molecule has 0 spiro atoms. The number of hydrogen-bond acceptors (Lipinski definition) is 8. The second kappa shape index (κ2) is 10.4. The fraction of sp³-hybridized carbons (Fsp3) is 0.259. The van der Waals surface area contributed by atoms with Gasteiger partial charge in [0.15, 0.2) is 0 Å². The summed E-state index contributed by atoms with van der Waals surface area (Å²) in [5.41, 5.74) is 5.68. The summed E-state index contributed by atoms with van der Waals surface area (Å²) >= 11 is 0.836. The van der Waals surface area contributed by atoms with E-state index in [1.807, 2.05) is 37.3 Å². The molecule has 0 radical (unpaired) electrons. The van der Waals surface area contributed by atoms with Crippen LogP contribution in [0.15, 0.2) is 70.3 Å². The zero-order valence-corrected chi connectivity index (χ0v) is 23.1. The highest BCUT2D eigenvalue weighted by molar-refractivity contribution is 7.92. The van der Waals surface area contributed by atoms with E-state index in [9.17, 15) is 22.8 Å². The van der Waals surface area contributed by atoms with Gasteiger partial charge in [-0.25, -0.2) is 13.1 Å². The van der Waals surface area contributed by atoms with Gasteiger partial charge in [0.05, 0.1) is 6.54 Å². The highest BCUT2D eigenvalue weighted by atomic mass is 32.2. The Labute approximate surface area is 234 Å². The molecule has 1 saturated carbocycles. The summed E-state index contributed by atoms with van der Waals surface area (Å²) in [4.78, 5) is 40.3. The van der Waals surface area contributed by atoms with E-state index < -0.39 is 33.8 Å². The monoisotopic (exact) mass is 581 g/mol. The fourth-order valence-corrected chi connectivity index (χ4v) is 7.05. The van der Waals surface area contributed by atoms with Crippen molar-refractivity contribution < 1.29 is 27.5 Å². The highest BCUT2D eigenvalue weighted by Crippen LogP contribution is 2.59. The number of carbonyl (C=O) groups is 3. The first-order valence-corrected chi connectivity index (χ1v) is 14.7. The van der Waals surface area contributed by atoms with Gasteiger partial charge in [-0.1, -0.05) is 25.1 Å². The van der Waals surface area contributed by atoms with Crippen molar-refractivity contribution in [2.45, 2.75) is 36.1 Å². The molecule has 3 aromatic rings. The number of hydrogen-bond donors (Lipinski definition) is 4. The Kier molecular flexibility index (Phi) is 7.10. The molecule has 3 amide bonds. The molecule has 1 aromatic heterocycles. The van der Waals surface area contributed by atoms with Gasteiger partial charge in [0, 0.05) is 22.5 Å². The molecular weight excluding hydrogens is 554 g/mol. The van der Waals surface area contributed by atoms with Gasteiger partial charge in [-0.2, -0.15) is 0 Å². The minimum atomic E-state index is -4.22. The average Bonchev–Trinajstić information content (AvgIpc) is 3.25. The molecule has 3 atom stereocenters. The van der Waals surface area contributed by atoms with Gasteiger partial charge in [-0.3, -0.25) is 19.8 Å². The van der Waals surface area contributed by atoms with Crippen molar-refractivity contribution in [3.05, 3.63) is 77.2 Å². The summed E-state index contributed by atoms with van der Waals surface area (Å²) in [7, 11) is -4.22. The van der Waals surface area contributed by atoms with Gasteiger partial charge in [0.25, 0.3) is 21.8 Å². The summed E-state index contributed by atoms with van der Waals surface area (Å²) < 4.78 is 33.2. The summed E-state index contributed by atoms with van der Waals surface area (Å²) in [6.07, 6.45) is 1.00. The third-order valence-electron chi connectivity index (χ3n) is 7.11. The van der Waals surface area contributed by atoms with E-state index in [4.69, 9.17) is 15.9 Å². The molecular formula is C27H27N5O6S2. The molecule has 40 heavy (non-hydrogen) atoms. The quantitative estimate of drug-likeness (QED) is 0.222. The molecule has 2 aliphatic rings. The third kappa shape index (κ3) is 5.56. The first kappa shape index (κ1) is 27.3. The largest absolute Gasteiger partial charge is 0.457 e. The molecule has 2 fully saturated rings. The van der Waals surface area contributed by atoms with E-state index in [0.717, 1.165) is 11.3 Å². The van der Waals surface area contributed by atoms with E-state index >= 15 is 0 Å². The summed E-state index contributed by atoms with van der Waals surface area (Å²) in [5.74, 6) is -0.850. The molecule has 5 rings (SSSR count). The van der Waals surface area contributed by atoms with Gasteiger partial charge in [0.1, 0.15) is 27.6 Å². The Balaban J connectivity index is 1.20. The van der Waals surface area contributed by atoms with Gasteiger partial charge in [-0.15, -0.1) is 11.3 Å². The highest BCUT2D eigenvalue weighted by Gasteiger charge is 2.64. The van der Waals surface area contributed by atoms with Crippen LogP contribution >= 0.6 is 11.3 Å². The second-order valence-corrected chi connectivity index (χ2v) is 12.9. The average molecular weight is 582 g/mol. The number of nitrogens with two attached hydrogens (primary N) is 1. The Morgan fingerprint density at radius 2 is 1.75 bits per heavy atom. The van der Waals surface area contributed by atoms with E-state index in [1.54, 1.807) is 24.3 Å². The summed E-state index contributed by atoms with van der Waals surface area (Å²) in [6.45, 7) is 1.59. The smallest absolute Gasteiger partial charge is 0.273 e. The molecule has 208 valence electrons. The number of para-hydroxylation sites is 1. The lowest BCUT2D eigenvalue weighted by atomic mass is 10.0. The molecule has 1 saturated heterocycles. The molecule has 0 bridgehead atoms. The van der Waals surface area contributed by atoms with Gasteiger partial charge in [-0.05, 0) is 60.7 Å². The normalized spacial score (nSPS) is 21.3. The summed E-state index contributed by atoms with van der Waals surface area (Å²) in [5, 5.41) is 11.5. The number of thiophene rings is 1. The number of nitrogens with one attached hydrogen (secondary N) is 3. The number of ether oxygens (including phenoxy) is 1. The van der Waals surface area contributed by atoms with Crippen LogP contribution in [0.5, 0.6) is 11.5 Å². The van der Waals surface area contributed by atoms with Crippen molar-refractivity contribution in [1.82, 2.24) is 14.9 Å². The van der Waals surface area contributed by atoms with Crippen LogP contribution in [0.25, 0.3) is 0 Å². The Morgan fingerprint density at radius 3 is 2.40 bits per heavy atom. The number of benzene rings is 2. The van der Waals surface area contributed by atoms with Crippen molar-refractivity contribution in [3.8, 4) is 11.5 Å². The Bertz CT molecular complexity index is 1590. The minimum absolute atomic E-state index is 0.161. The fourth-order valence-electron chi connectivity index (χ4n) is 4.86. The van der Waals surface area contributed by atoms with Crippen molar-refractivity contribution >= 4 is 44.9 Å². The van der Waals surface area contributed by atoms with Crippen LogP contribution in [0.1, 0.15) is 35.7 Å². The number of nitrogens with zero attached hydrogens (tertiary/aromatic N) is 1. The van der Waals surface area contributed by atoms with Crippen molar-refractivity contribution in [1.29, 1.82) is 5.41 Å². The predicted molar refractivity (Wildman–Crippen MR) is 148 cm³/mol. The first-order chi connectivity index (χ1) is 19.0. The number of amides is 3. The van der Waals surface area contributed by atoms with E-state index in [2.05, 4.69) is 10.0 Å². The van der Waals surface area contributed by atoms with Crippen LogP contribution in [0.2, 0.25) is 0 Å². The number of amidine groups is 1. The molecule has 1 aliphatic heterocycles. The molecule has 2 heterocycles. The van der Waals surface area contributed by atoms with Gasteiger partial charge >= 0.3 is 0 Å². The van der Waals surface area contributed by atoms with Crippen molar-refractivity contribution in [2.75, 3.05) is 6.54 Å². The van der Waals surface area contributed by atoms with Crippen molar-refractivity contribution in [3.63, 3.8) is 0 Å². The molecule has 1 aliphatic carbocycles. The zero-order chi connectivity index (χ0) is 28.7. The van der Waals surface area contributed by atoms with Crippen LogP contribution in [0.4, 0.5) is 0 Å². The molecule has 0 unspecified atom stereocenters. The topological polar surface area (TPSA) is 172 Å². The molecule has 2 aromatic carbocycles. The first-order valence-electron chi connectivity index (χ1n) is 12.4. The van der Waals surface area contributed by atoms with E-state index in [0.29, 0.717) is 29.9 Å². The third-order valence-corrected chi connectivity index (χ3v) is 9.89. The second-order valence-electron chi connectivity index (χ2n) is 10.1. The van der Waals surface area contributed by atoms with Crippen LogP contribution in [-0.4, -0.2) is 55.5 Å². The molecule has 13 heteroatoms. The van der Waals surface area contributed by atoms with Crippen LogP contribution < -0.4 is 20.5 Å². The van der Waals surface area contributed by atoms with Crippen LogP contribution in [0.3, 0.4) is 0 Å². The zero-order valence-electron chi connectivity index (χ0n) is 21.4. The Morgan fingerprint density at radius 1 is 1.07 bits per heavy atom. The standard InChI is InChI=1S/C27H27N5O6S2/c1-27-12-20(26(35)31-40(36,37)23-11-17(15-39-23)24(28)29)32(21(27)13-27)22(33)14-30-25(34)16-7-9-19(10-8-16)38-18-5-3-2-4-6-18/h2-11,15,20-21H,12-14H2,1H3,(H3,28,29)(H,30,34)(H,31,35)/t20-,21-,27+/m0/s1. The van der Waals surface area contributed by atoms with Crippen LogP contribution in [-0.2, 0) is 19.6 Å². The number of carbonyl (C=O) groups excluding carboxylic acids is 3. The lowest BCUT2D eigenvalue weighted by Gasteiger charge is -2.26. The van der Waals surface area contributed by atoms with Gasteiger partial charge < -0.3 is 20.7 Å².